The van der Waals surface area contributed by atoms with E-state index in [-0.39, 0.29) is 11.5 Å². The number of carbonyl (C=O) groups is 1. The fraction of sp³-hybridized carbons (Fsp3) is 0.409. The summed E-state index contributed by atoms with van der Waals surface area (Å²) in [6, 6.07) is 8.17. The van der Waals surface area contributed by atoms with Gasteiger partial charge >= 0.3 is 0 Å². The largest absolute Gasteiger partial charge is 0.342 e. The SMILES string of the molecule is Cc1ccc(-c2csc3ncn(CCC(=O)N4CCCC(C)C4)c(=O)c23)cc1. The highest BCUT2D eigenvalue weighted by atomic mass is 32.1. The van der Waals surface area contributed by atoms with Crippen LogP contribution in [-0.4, -0.2) is 33.4 Å². The van der Waals surface area contributed by atoms with Crippen LogP contribution < -0.4 is 5.56 Å². The molecule has 0 bridgehead atoms. The molecule has 2 aromatic heterocycles. The molecule has 1 unspecified atom stereocenters. The zero-order valence-corrected chi connectivity index (χ0v) is 17.2. The Balaban J connectivity index is 1.57. The predicted octanol–water partition coefficient (Wildman–Crippen LogP) is 4.08. The Kier molecular flexibility index (Phi) is 5.31. The summed E-state index contributed by atoms with van der Waals surface area (Å²) < 4.78 is 1.58. The molecule has 1 atom stereocenters. The van der Waals surface area contributed by atoms with Gasteiger partial charge in [-0.2, -0.15) is 0 Å². The van der Waals surface area contributed by atoms with E-state index in [1.165, 1.54) is 23.3 Å². The molecular weight excluding hydrogens is 370 g/mol. The highest BCUT2D eigenvalue weighted by Gasteiger charge is 2.21. The number of benzene rings is 1. The maximum absolute atomic E-state index is 13.1. The van der Waals surface area contributed by atoms with Crippen molar-refractivity contribution in [1.82, 2.24) is 14.5 Å². The molecule has 1 aliphatic rings. The van der Waals surface area contributed by atoms with Crippen LogP contribution in [-0.2, 0) is 11.3 Å². The Morgan fingerprint density at radius 3 is 2.82 bits per heavy atom. The Labute approximate surface area is 168 Å². The van der Waals surface area contributed by atoms with Crippen molar-refractivity contribution in [2.75, 3.05) is 13.1 Å². The van der Waals surface area contributed by atoms with Gasteiger partial charge in [-0.3, -0.25) is 14.2 Å². The highest BCUT2D eigenvalue weighted by molar-refractivity contribution is 7.17. The van der Waals surface area contributed by atoms with Gasteiger partial charge in [0.1, 0.15) is 4.83 Å². The van der Waals surface area contributed by atoms with Crippen LogP contribution in [0.15, 0.2) is 40.8 Å². The third-order valence-electron chi connectivity index (χ3n) is 5.50. The molecule has 6 heteroatoms. The van der Waals surface area contributed by atoms with Gasteiger partial charge in [0.2, 0.25) is 5.91 Å². The van der Waals surface area contributed by atoms with E-state index in [4.69, 9.17) is 0 Å². The van der Waals surface area contributed by atoms with Crippen LogP contribution >= 0.6 is 11.3 Å². The number of thiophene rings is 1. The molecule has 1 fully saturated rings. The van der Waals surface area contributed by atoms with Crippen molar-refractivity contribution in [1.29, 1.82) is 0 Å². The van der Waals surface area contributed by atoms with Gasteiger partial charge in [-0.1, -0.05) is 36.8 Å². The fourth-order valence-corrected chi connectivity index (χ4v) is 4.77. The summed E-state index contributed by atoms with van der Waals surface area (Å²) in [6.07, 6.45) is 4.16. The van der Waals surface area contributed by atoms with Gasteiger partial charge in [0.15, 0.2) is 0 Å². The molecule has 1 aliphatic heterocycles. The summed E-state index contributed by atoms with van der Waals surface area (Å²) in [6.45, 7) is 6.26. The predicted molar refractivity (Wildman–Crippen MR) is 114 cm³/mol. The van der Waals surface area contributed by atoms with E-state index < -0.39 is 0 Å². The molecule has 0 saturated carbocycles. The van der Waals surface area contributed by atoms with E-state index in [0.717, 1.165) is 35.5 Å². The first-order valence-corrected chi connectivity index (χ1v) is 10.7. The quantitative estimate of drug-likeness (QED) is 0.669. The van der Waals surface area contributed by atoms with Crippen molar-refractivity contribution in [2.45, 2.75) is 39.7 Å². The number of aromatic nitrogens is 2. The molecule has 3 heterocycles. The lowest BCUT2D eigenvalue weighted by Gasteiger charge is -2.31. The summed E-state index contributed by atoms with van der Waals surface area (Å²) in [7, 11) is 0. The summed E-state index contributed by atoms with van der Waals surface area (Å²) in [4.78, 5) is 32.8. The zero-order chi connectivity index (χ0) is 19.7. The second kappa shape index (κ2) is 7.87. The van der Waals surface area contributed by atoms with Crippen molar-refractivity contribution in [3.05, 3.63) is 51.9 Å². The lowest BCUT2D eigenvalue weighted by atomic mass is 10.00. The Morgan fingerprint density at radius 1 is 1.29 bits per heavy atom. The van der Waals surface area contributed by atoms with Crippen molar-refractivity contribution < 1.29 is 4.79 Å². The Morgan fingerprint density at radius 2 is 2.07 bits per heavy atom. The first-order valence-electron chi connectivity index (χ1n) is 9.84. The summed E-state index contributed by atoms with van der Waals surface area (Å²) in [5.74, 6) is 0.684. The van der Waals surface area contributed by atoms with E-state index in [1.807, 2.05) is 41.5 Å². The minimum Gasteiger partial charge on any atom is -0.342 e. The number of nitrogens with zero attached hydrogens (tertiary/aromatic N) is 3. The normalized spacial score (nSPS) is 17.2. The molecule has 0 radical (unpaired) electrons. The van der Waals surface area contributed by atoms with Crippen LogP contribution in [0.3, 0.4) is 0 Å². The van der Waals surface area contributed by atoms with Crippen LogP contribution in [0.5, 0.6) is 0 Å². The van der Waals surface area contributed by atoms with E-state index in [9.17, 15) is 9.59 Å². The Hall–Kier alpha value is -2.47. The third kappa shape index (κ3) is 3.74. The van der Waals surface area contributed by atoms with Crippen LogP contribution in [0.1, 0.15) is 31.7 Å². The zero-order valence-electron chi connectivity index (χ0n) is 16.4. The highest BCUT2D eigenvalue weighted by Crippen LogP contribution is 2.30. The van der Waals surface area contributed by atoms with E-state index >= 15 is 0 Å². The number of amides is 1. The summed E-state index contributed by atoms with van der Waals surface area (Å²) in [5, 5.41) is 2.64. The van der Waals surface area contributed by atoms with Crippen LogP contribution in [0.25, 0.3) is 21.3 Å². The van der Waals surface area contributed by atoms with Gasteiger partial charge in [-0.15, -0.1) is 11.3 Å². The topological polar surface area (TPSA) is 55.2 Å². The van der Waals surface area contributed by atoms with Gasteiger partial charge in [0.25, 0.3) is 5.56 Å². The number of hydrogen-bond acceptors (Lipinski definition) is 4. The second-order valence-corrected chi connectivity index (χ2v) is 8.63. The van der Waals surface area contributed by atoms with Gasteiger partial charge in [-0.05, 0) is 31.2 Å². The molecule has 1 saturated heterocycles. The molecule has 5 nitrogen and oxygen atoms in total. The average molecular weight is 396 g/mol. The van der Waals surface area contributed by atoms with Gasteiger partial charge in [0.05, 0.1) is 11.7 Å². The van der Waals surface area contributed by atoms with Crippen molar-refractivity contribution in [3.63, 3.8) is 0 Å². The van der Waals surface area contributed by atoms with Gasteiger partial charge < -0.3 is 4.90 Å². The first kappa shape index (κ1) is 18.9. The summed E-state index contributed by atoms with van der Waals surface area (Å²) >= 11 is 1.48. The number of hydrogen-bond donors (Lipinski definition) is 0. The third-order valence-corrected chi connectivity index (χ3v) is 6.39. The first-order chi connectivity index (χ1) is 13.5. The van der Waals surface area contributed by atoms with Crippen LogP contribution in [0.2, 0.25) is 0 Å². The standard InChI is InChI=1S/C22H25N3O2S/c1-15-5-7-17(8-6-15)18-13-28-21-20(18)22(27)25(14-23-21)11-9-19(26)24-10-3-4-16(2)12-24/h5-8,13-14,16H,3-4,9-12H2,1-2H3. The molecule has 4 rings (SSSR count). The van der Waals surface area contributed by atoms with Gasteiger partial charge in [0, 0.05) is 37.0 Å². The number of piperidine rings is 1. The summed E-state index contributed by atoms with van der Waals surface area (Å²) in [5.41, 5.74) is 3.06. The minimum atomic E-state index is -0.0679. The number of likely N-dealkylation sites (tertiary alicyclic amines) is 1. The number of rotatable bonds is 4. The second-order valence-electron chi connectivity index (χ2n) is 7.78. The number of aryl methyl sites for hydroxylation is 2. The van der Waals surface area contributed by atoms with Crippen molar-refractivity contribution in [3.8, 4) is 11.1 Å². The molecule has 146 valence electrons. The number of carbonyl (C=O) groups excluding carboxylic acids is 1. The van der Waals surface area contributed by atoms with Gasteiger partial charge in [-0.25, -0.2) is 4.98 Å². The Bertz CT molecular complexity index is 1050. The van der Waals surface area contributed by atoms with E-state index in [0.29, 0.717) is 24.3 Å². The van der Waals surface area contributed by atoms with Crippen molar-refractivity contribution >= 4 is 27.5 Å². The van der Waals surface area contributed by atoms with E-state index in [2.05, 4.69) is 11.9 Å². The molecule has 0 N–H and O–H groups in total. The molecule has 0 spiro atoms. The van der Waals surface area contributed by atoms with Crippen LogP contribution in [0, 0.1) is 12.8 Å². The average Bonchev–Trinajstić information content (AvgIpc) is 3.13. The maximum atomic E-state index is 13.1. The lowest BCUT2D eigenvalue weighted by Crippen LogP contribution is -2.39. The lowest BCUT2D eigenvalue weighted by molar-refractivity contribution is -0.133. The van der Waals surface area contributed by atoms with E-state index in [1.54, 1.807) is 10.9 Å². The monoisotopic (exact) mass is 395 g/mol. The molecule has 28 heavy (non-hydrogen) atoms. The molecule has 0 aliphatic carbocycles. The fourth-order valence-electron chi connectivity index (χ4n) is 3.86. The molecular formula is C22H25N3O2S. The van der Waals surface area contributed by atoms with Crippen molar-refractivity contribution in [2.24, 2.45) is 5.92 Å². The van der Waals surface area contributed by atoms with Crippen LogP contribution in [0.4, 0.5) is 0 Å². The molecule has 3 aromatic rings. The minimum absolute atomic E-state index is 0.0679. The molecule has 1 aromatic carbocycles. The molecule has 1 amide bonds. The maximum Gasteiger partial charge on any atom is 0.262 e. The smallest absolute Gasteiger partial charge is 0.262 e. The number of fused-ring (bicyclic) bond motifs is 1.